The van der Waals surface area contributed by atoms with Gasteiger partial charge in [-0.1, -0.05) is 17.7 Å². The van der Waals surface area contributed by atoms with E-state index in [2.05, 4.69) is 33.2 Å². The molecule has 0 aliphatic carbocycles. The van der Waals surface area contributed by atoms with Gasteiger partial charge in [0.25, 0.3) is 0 Å². The van der Waals surface area contributed by atoms with Crippen molar-refractivity contribution in [2.45, 2.75) is 6.92 Å². The molecule has 2 rings (SSSR count). The van der Waals surface area contributed by atoms with E-state index >= 15 is 0 Å². The van der Waals surface area contributed by atoms with Gasteiger partial charge in [-0.2, -0.15) is 0 Å². The maximum atomic E-state index is 11.8. The van der Waals surface area contributed by atoms with E-state index in [1.54, 1.807) is 6.07 Å². The number of amides is 1. The van der Waals surface area contributed by atoms with Crippen LogP contribution in [0.3, 0.4) is 0 Å². The van der Waals surface area contributed by atoms with Gasteiger partial charge in [-0.3, -0.25) is 4.79 Å². The van der Waals surface area contributed by atoms with Crippen molar-refractivity contribution < 1.29 is 4.79 Å². The fourth-order valence-corrected chi connectivity index (χ4v) is 2.17. The standard InChI is InChI=1S/C15H14ClIN2O/c1-10-2-5-13(8-14(10)16)19-15(20)9-18-12-6-3-11(17)4-7-12/h2-8,18H,9H2,1H3,(H,19,20). The molecule has 20 heavy (non-hydrogen) atoms. The Bertz CT molecular complexity index is 614. The van der Waals surface area contributed by atoms with Crippen molar-refractivity contribution in [1.82, 2.24) is 0 Å². The van der Waals surface area contributed by atoms with E-state index in [0.29, 0.717) is 10.7 Å². The number of carbonyl (C=O) groups is 1. The summed E-state index contributed by atoms with van der Waals surface area (Å²) in [5.74, 6) is -0.108. The van der Waals surface area contributed by atoms with Crippen LogP contribution in [0.25, 0.3) is 0 Å². The van der Waals surface area contributed by atoms with Crippen LogP contribution in [0.5, 0.6) is 0 Å². The molecule has 0 radical (unpaired) electrons. The molecule has 3 nitrogen and oxygen atoms in total. The zero-order chi connectivity index (χ0) is 14.5. The molecule has 2 aromatic carbocycles. The normalized spacial score (nSPS) is 10.2. The zero-order valence-corrected chi connectivity index (χ0v) is 13.8. The second-order valence-corrected chi connectivity index (χ2v) is 6.03. The molecule has 0 saturated heterocycles. The highest BCUT2D eigenvalue weighted by Crippen LogP contribution is 2.19. The molecule has 0 saturated carbocycles. The van der Waals surface area contributed by atoms with Gasteiger partial charge in [0.15, 0.2) is 0 Å². The molecule has 0 spiro atoms. The van der Waals surface area contributed by atoms with Crippen LogP contribution in [-0.2, 0) is 4.79 Å². The van der Waals surface area contributed by atoms with Gasteiger partial charge in [-0.25, -0.2) is 0 Å². The van der Waals surface area contributed by atoms with E-state index in [0.717, 1.165) is 14.8 Å². The van der Waals surface area contributed by atoms with Crippen molar-refractivity contribution in [3.05, 3.63) is 56.6 Å². The van der Waals surface area contributed by atoms with Gasteiger partial charge in [-0.05, 0) is 71.5 Å². The van der Waals surface area contributed by atoms with Gasteiger partial charge < -0.3 is 10.6 Å². The monoisotopic (exact) mass is 400 g/mol. The molecule has 5 heteroatoms. The minimum absolute atomic E-state index is 0.108. The maximum absolute atomic E-state index is 11.8. The fourth-order valence-electron chi connectivity index (χ4n) is 1.63. The minimum Gasteiger partial charge on any atom is -0.376 e. The Hall–Kier alpha value is -1.27. The van der Waals surface area contributed by atoms with Crippen molar-refractivity contribution in [3.63, 3.8) is 0 Å². The minimum atomic E-state index is -0.108. The molecular formula is C15H14ClIN2O. The molecule has 0 unspecified atom stereocenters. The third kappa shape index (κ3) is 4.38. The Kier molecular flexibility index (Phi) is 5.25. The molecule has 0 heterocycles. The lowest BCUT2D eigenvalue weighted by Gasteiger charge is -2.09. The van der Waals surface area contributed by atoms with Gasteiger partial charge >= 0.3 is 0 Å². The molecule has 0 bridgehead atoms. The molecule has 0 aliphatic rings. The highest BCUT2D eigenvalue weighted by molar-refractivity contribution is 14.1. The lowest BCUT2D eigenvalue weighted by Crippen LogP contribution is -2.21. The molecule has 0 fully saturated rings. The summed E-state index contributed by atoms with van der Waals surface area (Å²) in [6.07, 6.45) is 0. The number of carbonyl (C=O) groups excluding carboxylic acids is 1. The molecule has 1 amide bonds. The predicted molar refractivity (Wildman–Crippen MR) is 92.5 cm³/mol. The van der Waals surface area contributed by atoms with E-state index in [1.165, 1.54) is 0 Å². The molecule has 0 aromatic heterocycles. The van der Waals surface area contributed by atoms with E-state index in [1.807, 2.05) is 43.3 Å². The molecule has 104 valence electrons. The lowest BCUT2D eigenvalue weighted by molar-refractivity contribution is -0.114. The first kappa shape index (κ1) is 15.1. The van der Waals surface area contributed by atoms with E-state index in [4.69, 9.17) is 11.6 Å². The summed E-state index contributed by atoms with van der Waals surface area (Å²) in [6, 6.07) is 13.3. The number of rotatable bonds is 4. The summed E-state index contributed by atoms with van der Waals surface area (Å²) < 4.78 is 1.16. The van der Waals surface area contributed by atoms with Gasteiger partial charge in [0.1, 0.15) is 0 Å². The summed E-state index contributed by atoms with van der Waals surface area (Å²) >= 11 is 8.26. The summed E-state index contributed by atoms with van der Waals surface area (Å²) in [5, 5.41) is 6.52. The average Bonchev–Trinajstić information content (AvgIpc) is 2.42. The summed E-state index contributed by atoms with van der Waals surface area (Å²) in [4.78, 5) is 11.8. The van der Waals surface area contributed by atoms with E-state index in [9.17, 15) is 4.79 Å². The van der Waals surface area contributed by atoms with Crippen LogP contribution in [0.2, 0.25) is 5.02 Å². The quantitative estimate of drug-likeness (QED) is 0.751. The second kappa shape index (κ2) is 6.95. The Morgan fingerprint density at radius 2 is 1.80 bits per heavy atom. The molecule has 0 atom stereocenters. The van der Waals surface area contributed by atoms with Crippen molar-refractivity contribution in [1.29, 1.82) is 0 Å². The highest BCUT2D eigenvalue weighted by atomic mass is 127. The molecule has 2 aromatic rings. The van der Waals surface area contributed by atoms with E-state index < -0.39 is 0 Å². The number of nitrogens with one attached hydrogen (secondary N) is 2. The number of hydrogen-bond acceptors (Lipinski definition) is 2. The number of benzene rings is 2. The Morgan fingerprint density at radius 1 is 1.15 bits per heavy atom. The molecular weight excluding hydrogens is 387 g/mol. The van der Waals surface area contributed by atoms with Crippen LogP contribution in [0, 0.1) is 10.5 Å². The van der Waals surface area contributed by atoms with Crippen molar-refractivity contribution in [3.8, 4) is 0 Å². The largest absolute Gasteiger partial charge is 0.376 e. The van der Waals surface area contributed by atoms with Crippen molar-refractivity contribution in [2.75, 3.05) is 17.2 Å². The van der Waals surface area contributed by atoms with Gasteiger partial charge in [0, 0.05) is 20.0 Å². The lowest BCUT2D eigenvalue weighted by atomic mass is 10.2. The number of hydrogen-bond donors (Lipinski definition) is 2. The Labute approximate surface area is 136 Å². The first-order valence-corrected chi connectivity index (χ1v) is 7.56. The van der Waals surface area contributed by atoms with Crippen molar-refractivity contribution in [2.24, 2.45) is 0 Å². The van der Waals surface area contributed by atoms with Crippen LogP contribution >= 0.6 is 34.2 Å². The van der Waals surface area contributed by atoms with Gasteiger partial charge in [-0.15, -0.1) is 0 Å². The third-order valence-corrected chi connectivity index (χ3v) is 3.88. The number of anilines is 2. The van der Waals surface area contributed by atoms with Crippen molar-refractivity contribution >= 4 is 51.5 Å². The van der Waals surface area contributed by atoms with Gasteiger partial charge in [0.05, 0.1) is 6.54 Å². The van der Waals surface area contributed by atoms with Crippen LogP contribution < -0.4 is 10.6 Å². The maximum Gasteiger partial charge on any atom is 0.243 e. The summed E-state index contributed by atoms with van der Waals surface area (Å²) in [7, 11) is 0. The highest BCUT2D eigenvalue weighted by Gasteiger charge is 2.04. The number of aryl methyl sites for hydroxylation is 1. The van der Waals surface area contributed by atoms with Crippen LogP contribution in [0.15, 0.2) is 42.5 Å². The molecule has 2 N–H and O–H groups in total. The SMILES string of the molecule is Cc1ccc(NC(=O)CNc2ccc(I)cc2)cc1Cl. The second-order valence-electron chi connectivity index (χ2n) is 4.37. The Balaban J connectivity index is 1.89. The molecule has 0 aliphatic heterocycles. The summed E-state index contributed by atoms with van der Waals surface area (Å²) in [6.45, 7) is 2.14. The fraction of sp³-hybridized carbons (Fsp3) is 0.133. The van der Waals surface area contributed by atoms with Crippen LogP contribution in [0.4, 0.5) is 11.4 Å². The smallest absolute Gasteiger partial charge is 0.243 e. The predicted octanol–water partition coefficient (Wildman–Crippen LogP) is 4.30. The first-order valence-electron chi connectivity index (χ1n) is 6.10. The topological polar surface area (TPSA) is 41.1 Å². The van der Waals surface area contributed by atoms with Gasteiger partial charge in [0.2, 0.25) is 5.91 Å². The Morgan fingerprint density at radius 3 is 2.45 bits per heavy atom. The van der Waals surface area contributed by atoms with E-state index in [-0.39, 0.29) is 12.5 Å². The number of halogens is 2. The average molecular weight is 401 g/mol. The third-order valence-electron chi connectivity index (χ3n) is 2.75. The van der Waals surface area contributed by atoms with Crippen LogP contribution in [0.1, 0.15) is 5.56 Å². The first-order chi connectivity index (χ1) is 9.54. The zero-order valence-electron chi connectivity index (χ0n) is 10.9. The summed E-state index contributed by atoms with van der Waals surface area (Å²) in [5.41, 5.74) is 2.61. The van der Waals surface area contributed by atoms with Crippen LogP contribution in [-0.4, -0.2) is 12.5 Å².